The van der Waals surface area contributed by atoms with Crippen LogP contribution in [0.1, 0.15) is 32.8 Å². The second-order valence-corrected chi connectivity index (χ2v) is 8.35. The molecule has 2 aromatic rings. The van der Waals surface area contributed by atoms with Crippen LogP contribution in [0.4, 0.5) is 14.9 Å². The summed E-state index contributed by atoms with van der Waals surface area (Å²) in [6.07, 6.45) is 0.197. The highest BCUT2D eigenvalue weighted by atomic mass is 19.1. The van der Waals surface area contributed by atoms with Gasteiger partial charge in [0.05, 0.1) is 5.92 Å². The molecule has 1 unspecified atom stereocenters. The van der Waals surface area contributed by atoms with Crippen molar-refractivity contribution in [3.8, 4) is 5.75 Å². The summed E-state index contributed by atoms with van der Waals surface area (Å²) < 4.78 is 24.2. The largest absolute Gasteiger partial charge is 0.489 e. The Bertz CT molecular complexity index is 910. The van der Waals surface area contributed by atoms with Crippen molar-refractivity contribution >= 4 is 17.7 Å². The second kappa shape index (κ2) is 9.15. The third-order valence-electron chi connectivity index (χ3n) is 4.61. The minimum atomic E-state index is -0.564. The molecule has 3 rings (SSSR count). The maximum Gasteiger partial charge on any atom is 0.410 e. The molecule has 0 aromatic heterocycles. The standard InChI is InChI=1S/C23H27FN2O4/c1-23(2,3)30-22(28)26-11-10-17(14-26)21(27)25-19-8-4-6-16(12-19)15-29-20-9-5-7-18(24)13-20/h4-9,12-13,17H,10-11,14-15H2,1-3H3,(H,25,27). The van der Waals surface area contributed by atoms with Crippen molar-refractivity contribution in [2.45, 2.75) is 39.4 Å². The first-order chi connectivity index (χ1) is 14.2. The highest BCUT2D eigenvalue weighted by molar-refractivity contribution is 5.93. The van der Waals surface area contributed by atoms with E-state index in [1.807, 2.05) is 39.0 Å². The second-order valence-electron chi connectivity index (χ2n) is 8.35. The van der Waals surface area contributed by atoms with Gasteiger partial charge in [-0.25, -0.2) is 9.18 Å². The summed E-state index contributed by atoms with van der Waals surface area (Å²) in [6, 6.07) is 13.3. The topological polar surface area (TPSA) is 67.9 Å². The minimum Gasteiger partial charge on any atom is -0.489 e. The normalized spacial score (nSPS) is 16.3. The van der Waals surface area contributed by atoms with Gasteiger partial charge in [-0.2, -0.15) is 0 Å². The van der Waals surface area contributed by atoms with E-state index in [1.165, 1.54) is 12.1 Å². The molecule has 1 atom stereocenters. The van der Waals surface area contributed by atoms with E-state index in [2.05, 4.69) is 5.32 Å². The van der Waals surface area contributed by atoms with Gasteiger partial charge in [-0.15, -0.1) is 0 Å². The Hall–Kier alpha value is -3.09. The lowest BCUT2D eigenvalue weighted by Gasteiger charge is -2.24. The number of hydrogen-bond donors (Lipinski definition) is 1. The lowest BCUT2D eigenvalue weighted by molar-refractivity contribution is -0.119. The molecule has 1 heterocycles. The van der Waals surface area contributed by atoms with Gasteiger partial charge in [-0.05, 0) is 57.0 Å². The number of halogens is 1. The maximum atomic E-state index is 13.2. The van der Waals surface area contributed by atoms with Crippen molar-refractivity contribution < 1.29 is 23.5 Å². The van der Waals surface area contributed by atoms with Gasteiger partial charge in [0, 0.05) is 24.8 Å². The van der Waals surface area contributed by atoms with Crippen LogP contribution in [0.15, 0.2) is 48.5 Å². The Kier molecular flexibility index (Phi) is 6.59. The van der Waals surface area contributed by atoms with Crippen LogP contribution in [0.5, 0.6) is 5.75 Å². The predicted octanol–water partition coefficient (Wildman–Crippen LogP) is 4.60. The van der Waals surface area contributed by atoms with E-state index in [9.17, 15) is 14.0 Å². The fourth-order valence-electron chi connectivity index (χ4n) is 3.17. The Morgan fingerprint density at radius 3 is 2.67 bits per heavy atom. The number of nitrogens with one attached hydrogen (secondary N) is 1. The van der Waals surface area contributed by atoms with E-state index >= 15 is 0 Å². The third kappa shape index (κ3) is 6.20. The number of amides is 2. The van der Waals surface area contributed by atoms with Gasteiger partial charge in [0.1, 0.15) is 23.8 Å². The van der Waals surface area contributed by atoms with E-state index < -0.39 is 11.7 Å². The number of ether oxygens (including phenoxy) is 2. The third-order valence-corrected chi connectivity index (χ3v) is 4.61. The number of rotatable bonds is 5. The number of hydrogen-bond acceptors (Lipinski definition) is 4. The SMILES string of the molecule is CC(C)(C)OC(=O)N1CCC(C(=O)Nc2cccc(COc3cccc(F)c3)c2)C1. The lowest BCUT2D eigenvalue weighted by Crippen LogP contribution is -2.36. The smallest absolute Gasteiger partial charge is 0.410 e. The van der Waals surface area contributed by atoms with Gasteiger partial charge >= 0.3 is 6.09 Å². The molecule has 7 heteroatoms. The number of carbonyl (C=O) groups is 2. The lowest BCUT2D eigenvalue weighted by atomic mass is 10.1. The molecule has 6 nitrogen and oxygen atoms in total. The molecular formula is C23H27FN2O4. The van der Waals surface area contributed by atoms with Gasteiger partial charge in [0.2, 0.25) is 5.91 Å². The number of nitrogens with zero attached hydrogens (tertiary/aromatic N) is 1. The van der Waals surface area contributed by atoms with Gasteiger partial charge in [0.15, 0.2) is 0 Å². The first kappa shape index (κ1) is 21.6. The average Bonchev–Trinajstić information content (AvgIpc) is 3.16. The molecule has 2 aromatic carbocycles. The fourth-order valence-corrected chi connectivity index (χ4v) is 3.17. The summed E-state index contributed by atoms with van der Waals surface area (Å²) in [5, 5.41) is 2.91. The molecule has 1 saturated heterocycles. The Labute approximate surface area is 176 Å². The molecule has 0 bridgehead atoms. The summed E-state index contributed by atoms with van der Waals surface area (Å²) in [5.74, 6) is -0.336. The molecule has 1 fully saturated rings. The Morgan fingerprint density at radius 2 is 1.93 bits per heavy atom. The fraction of sp³-hybridized carbons (Fsp3) is 0.391. The van der Waals surface area contributed by atoms with Crippen LogP contribution in [0.25, 0.3) is 0 Å². The molecular weight excluding hydrogens is 387 g/mol. The van der Waals surface area contributed by atoms with E-state index in [4.69, 9.17) is 9.47 Å². The van der Waals surface area contributed by atoms with Crippen LogP contribution >= 0.6 is 0 Å². The molecule has 1 aliphatic rings. The summed E-state index contributed by atoms with van der Waals surface area (Å²) >= 11 is 0. The summed E-state index contributed by atoms with van der Waals surface area (Å²) in [6.45, 7) is 6.53. The zero-order chi connectivity index (χ0) is 21.7. The van der Waals surface area contributed by atoms with Gasteiger partial charge in [-0.3, -0.25) is 4.79 Å². The monoisotopic (exact) mass is 414 g/mol. The van der Waals surface area contributed by atoms with Crippen molar-refractivity contribution in [1.82, 2.24) is 4.90 Å². The minimum absolute atomic E-state index is 0.135. The highest BCUT2D eigenvalue weighted by Crippen LogP contribution is 2.22. The average molecular weight is 414 g/mol. The van der Waals surface area contributed by atoms with Crippen molar-refractivity contribution in [3.63, 3.8) is 0 Å². The summed E-state index contributed by atoms with van der Waals surface area (Å²) in [5.41, 5.74) is 0.931. The number of likely N-dealkylation sites (tertiary alicyclic amines) is 1. The van der Waals surface area contributed by atoms with Crippen LogP contribution in [0, 0.1) is 11.7 Å². The molecule has 1 aliphatic heterocycles. The van der Waals surface area contributed by atoms with E-state index in [0.29, 0.717) is 30.9 Å². The predicted molar refractivity (Wildman–Crippen MR) is 112 cm³/mol. The van der Waals surface area contributed by atoms with Crippen molar-refractivity contribution in [2.24, 2.45) is 5.92 Å². The van der Waals surface area contributed by atoms with E-state index in [1.54, 1.807) is 23.1 Å². The molecule has 160 valence electrons. The van der Waals surface area contributed by atoms with Crippen LogP contribution in [0.3, 0.4) is 0 Å². The molecule has 0 radical (unpaired) electrons. The number of anilines is 1. The first-order valence-electron chi connectivity index (χ1n) is 9.96. The highest BCUT2D eigenvalue weighted by Gasteiger charge is 2.33. The van der Waals surface area contributed by atoms with Crippen molar-refractivity contribution in [1.29, 1.82) is 0 Å². The summed E-state index contributed by atoms with van der Waals surface area (Å²) in [4.78, 5) is 26.4. The Morgan fingerprint density at radius 1 is 1.17 bits per heavy atom. The first-order valence-corrected chi connectivity index (χ1v) is 9.96. The van der Waals surface area contributed by atoms with Crippen LogP contribution < -0.4 is 10.1 Å². The quantitative estimate of drug-likeness (QED) is 0.776. The van der Waals surface area contributed by atoms with E-state index in [0.717, 1.165) is 5.56 Å². The molecule has 2 amide bonds. The molecule has 0 spiro atoms. The van der Waals surface area contributed by atoms with Crippen molar-refractivity contribution in [3.05, 3.63) is 59.9 Å². The molecule has 0 saturated carbocycles. The molecule has 30 heavy (non-hydrogen) atoms. The molecule has 0 aliphatic carbocycles. The van der Waals surface area contributed by atoms with E-state index in [-0.39, 0.29) is 24.2 Å². The summed E-state index contributed by atoms with van der Waals surface area (Å²) in [7, 11) is 0. The Balaban J connectivity index is 1.53. The van der Waals surface area contributed by atoms with Crippen LogP contribution in [-0.4, -0.2) is 35.6 Å². The maximum absolute atomic E-state index is 13.2. The number of benzene rings is 2. The van der Waals surface area contributed by atoms with Gasteiger partial charge in [0.25, 0.3) is 0 Å². The number of carbonyl (C=O) groups excluding carboxylic acids is 2. The van der Waals surface area contributed by atoms with Gasteiger partial charge < -0.3 is 19.7 Å². The molecule has 1 N–H and O–H groups in total. The van der Waals surface area contributed by atoms with Crippen LogP contribution in [-0.2, 0) is 16.1 Å². The zero-order valence-corrected chi connectivity index (χ0v) is 17.5. The van der Waals surface area contributed by atoms with Crippen molar-refractivity contribution in [2.75, 3.05) is 18.4 Å². The van der Waals surface area contributed by atoms with Gasteiger partial charge in [-0.1, -0.05) is 18.2 Å². The van der Waals surface area contributed by atoms with Crippen LogP contribution in [0.2, 0.25) is 0 Å². The zero-order valence-electron chi connectivity index (χ0n) is 17.5.